The fourth-order valence-corrected chi connectivity index (χ4v) is 17.2. The number of nitrogens with zero attached hydrogens (tertiary/aromatic N) is 5. The minimum Gasteiger partial charge on any atom is -0.392 e. The summed E-state index contributed by atoms with van der Waals surface area (Å²) in [5.41, 5.74) is 0. The molecule has 0 bridgehead atoms. The molecule has 0 spiro atoms. The molecular formula is C96H197N5O7. The maximum atomic E-state index is 11.9. The Morgan fingerprint density at radius 2 is 0.407 bits per heavy atom. The lowest BCUT2D eigenvalue weighted by atomic mass is 10.0. The molecule has 0 aliphatic carbocycles. The summed E-state index contributed by atoms with van der Waals surface area (Å²) in [7, 11) is 0. The quantitative estimate of drug-likeness (QED) is 0.0371. The monoisotopic (exact) mass is 1530 g/mol. The first-order valence-corrected chi connectivity index (χ1v) is 49.2. The van der Waals surface area contributed by atoms with Crippen LogP contribution in [0.25, 0.3) is 0 Å². The van der Waals surface area contributed by atoms with Gasteiger partial charge in [-0.25, -0.2) is 0 Å². The van der Waals surface area contributed by atoms with E-state index in [0.717, 1.165) is 110 Å². The highest BCUT2D eigenvalue weighted by Gasteiger charge is 2.28. The van der Waals surface area contributed by atoms with Gasteiger partial charge in [-0.2, -0.15) is 0 Å². The normalized spacial score (nSPS) is 15.4. The summed E-state index contributed by atoms with van der Waals surface area (Å²) < 4.78 is 13.3. The Kier molecular flexibility index (Phi) is 81.1. The van der Waals surface area contributed by atoms with Crippen molar-refractivity contribution in [2.75, 3.05) is 111 Å². The average Bonchev–Trinajstić information content (AvgIpc) is 0.884. The van der Waals surface area contributed by atoms with Gasteiger partial charge in [0.05, 0.1) is 42.7 Å². The fraction of sp³-hybridized carbons (Fsp3) is 1.00. The van der Waals surface area contributed by atoms with Crippen molar-refractivity contribution in [2.45, 2.75) is 509 Å². The predicted molar refractivity (Wildman–Crippen MR) is 472 cm³/mol. The Balaban J connectivity index is 3.19. The summed E-state index contributed by atoms with van der Waals surface area (Å²) in [6, 6.07) is 0. The van der Waals surface area contributed by atoms with Crippen molar-refractivity contribution in [3.05, 3.63) is 0 Å². The number of hydrogen-bond donors (Lipinski definition) is 5. The van der Waals surface area contributed by atoms with Crippen molar-refractivity contribution in [3.8, 4) is 0 Å². The van der Waals surface area contributed by atoms with Gasteiger partial charge >= 0.3 is 0 Å². The van der Waals surface area contributed by atoms with Gasteiger partial charge in [0.15, 0.2) is 0 Å². The van der Waals surface area contributed by atoms with Gasteiger partial charge in [-0.3, -0.25) is 24.5 Å². The molecule has 1 heterocycles. The summed E-state index contributed by atoms with van der Waals surface area (Å²) >= 11 is 0. The number of piperazine rings is 1. The van der Waals surface area contributed by atoms with E-state index in [1.54, 1.807) is 0 Å². The second-order valence-corrected chi connectivity index (χ2v) is 35.2. The van der Waals surface area contributed by atoms with E-state index in [2.05, 4.69) is 73.0 Å². The molecule has 7 atom stereocenters. The van der Waals surface area contributed by atoms with Gasteiger partial charge in [0.25, 0.3) is 0 Å². The molecule has 7 unspecified atom stereocenters. The first-order chi connectivity index (χ1) is 53.0. The van der Waals surface area contributed by atoms with Crippen LogP contribution in [-0.4, -0.2) is 204 Å². The van der Waals surface area contributed by atoms with Crippen molar-refractivity contribution in [1.29, 1.82) is 0 Å². The summed E-state index contributed by atoms with van der Waals surface area (Å²) in [6.07, 6.45) is 80.4. The van der Waals surface area contributed by atoms with E-state index in [4.69, 9.17) is 9.47 Å². The molecule has 0 aromatic heterocycles. The van der Waals surface area contributed by atoms with Gasteiger partial charge in [-0.15, -0.1) is 0 Å². The van der Waals surface area contributed by atoms with E-state index in [9.17, 15) is 25.5 Å². The Labute approximate surface area is 675 Å². The number of rotatable bonds is 90. The lowest BCUT2D eigenvalue weighted by Gasteiger charge is -2.39. The van der Waals surface area contributed by atoms with Gasteiger partial charge in [0, 0.05) is 111 Å². The van der Waals surface area contributed by atoms with E-state index in [-0.39, 0.29) is 12.2 Å². The van der Waals surface area contributed by atoms with Crippen molar-refractivity contribution < 1.29 is 35.0 Å². The standard InChI is InChI=1S/C96H197N5O7/c1-8-15-20-25-30-35-40-45-50-55-60-65-70-90(102)81-99(87-96(108-14-7)89-101(84-93(105)73-68-63-58-53-48-43-38-33-28-23-18-11-4)85-94(106)74-69-64-59-54-49-44-39-34-29-24-19-12-5)80-77-97-75-78-98(79-76-97)86-95(107-13-6)88-100(82-91(103)71-66-61-56-51-46-41-36-31-26-21-16-9-2)83-92(104)72-67-62-57-52-47-42-37-32-27-22-17-10-3/h90-96,102-106H,8-89H2,1-7H3. The lowest BCUT2D eigenvalue weighted by molar-refractivity contribution is -0.0234. The van der Waals surface area contributed by atoms with Crippen LogP contribution in [0.5, 0.6) is 0 Å². The molecular weight excluding hydrogens is 1340 g/mol. The van der Waals surface area contributed by atoms with Crippen LogP contribution < -0.4 is 0 Å². The molecule has 0 saturated carbocycles. The first-order valence-electron chi connectivity index (χ1n) is 49.2. The molecule has 108 heavy (non-hydrogen) atoms. The molecule has 5 N–H and O–H groups in total. The summed E-state index contributed by atoms with van der Waals surface area (Å²) in [6.45, 7) is 28.4. The number of aliphatic hydroxyl groups is 5. The zero-order valence-electron chi connectivity index (χ0n) is 74.3. The molecule has 1 saturated heterocycles. The number of unbranched alkanes of at least 4 members (excludes halogenated alkanes) is 55. The minimum atomic E-state index is -0.442. The summed E-state index contributed by atoms with van der Waals surface area (Å²) in [5.74, 6) is 0. The van der Waals surface area contributed by atoms with Crippen LogP contribution in [0.15, 0.2) is 0 Å². The Morgan fingerprint density at radius 3 is 0.639 bits per heavy atom. The largest absolute Gasteiger partial charge is 0.392 e. The number of aliphatic hydroxyl groups excluding tert-OH is 5. The van der Waals surface area contributed by atoms with E-state index >= 15 is 0 Å². The van der Waals surface area contributed by atoms with Crippen LogP contribution in [-0.2, 0) is 9.47 Å². The third kappa shape index (κ3) is 72.0. The molecule has 1 fully saturated rings. The number of ether oxygens (including phenoxy) is 2. The van der Waals surface area contributed by atoms with Crippen molar-refractivity contribution in [1.82, 2.24) is 24.5 Å². The molecule has 12 heteroatoms. The van der Waals surface area contributed by atoms with Crippen LogP contribution >= 0.6 is 0 Å². The molecule has 1 rings (SSSR count). The van der Waals surface area contributed by atoms with Gasteiger partial charge in [-0.05, 0) is 46.0 Å². The third-order valence-corrected chi connectivity index (χ3v) is 24.1. The summed E-state index contributed by atoms with van der Waals surface area (Å²) in [4.78, 5) is 12.4. The lowest BCUT2D eigenvalue weighted by Crippen LogP contribution is -2.53. The molecule has 0 amide bonds. The van der Waals surface area contributed by atoms with Crippen molar-refractivity contribution in [2.24, 2.45) is 0 Å². The third-order valence-electron chi connectivity index (χ3n) is 24.1. The highest BCUT2D eigenvalue weighted by Crippen LogP contribution is 2.22. The first kappa shape index (κ1) is 106. The van der Waals surface area contributed by atoms with Crippen LogP contribution in [0.2, 0.25) is 0 Å². The maximum absolute atomic E-state index is 11.9. The zero-order valence-corrected chi connectivity index (χ0v) is 74.3. The van der Waals surface area contributed by atoms with Gasteiger partial charge < -0.3 is 35.0 Å². The van der Waals surface area contributed by atoms with E-state index < -0.39 is 30.5 Å². The van der Waals surface area contributed by atoms with Crippen LogP contribution in [0, 0.1) is 0 Å². The molecule has 0 radical (unpaired) electrons. The average molecular weight is 1530 g/mol. The zero-order chi connectivity index (χ0) is 78.3. The fourth-order valence-electron chi connectivity index (χ4n) is 17.2. The van der Waals surface area contributed by atoms with Gasteiger partial charge in [-0.1, -0.05) is 420 Å². The Bertz CT molecular complexity index is 1640. The molecule has 648 valence electrons. The second-order valence-electron chi connectivity index (χ2n) is 35.2. The summed E-state index contributed by atoms with van der Waals surface area (Å²) in [5, 5.41) is 58.7. The van der Waals surface area contributed by atoms with Gasteiger partial charge in [0.1, 0.15) is 0 Å². The molecule has 0 aromatic rings. The van der Waals surface area contributed by atoms with E-state index in [1.807, 2.05) is 0 Å². The van der Waals surface area contributed by atoms with Crippen LogP contribution in [0.1, 0.15) is 466 Å². The van der Waals surface area contributed by atoms with E-state index in [0.29, 0.717) is 65.6 Å². The molecule has 0 aromatic carbocycles. The molecule has 1 aliphatic rings. The second kappa shape index (κ2) is 83.0. The van der Waals surface area contributed by atoms with Crippen LogP contribution in [0.4, 0.5) is 0 Å². The van der Waals surface area contributed by atoms with Gasteiger partial charge in [0.2, 0.25) is 0 Å². The highest BCUT2D eigenvalue weighted by atomic mass is 16.5. The topological polar surface area (TPSA) is 136 Å². The maximum Gasteiger partial charge on any atom is 0.0828 e. The highest BCUT2D eigenvalue weighted by molar-refractivity contribution is 4.82. The molecule has 1 aliphatic heterocycles. The van der Waals surface area contributed by atoms with Crippen molar-refractivity contribution >= 4 is 0 Å². The molecule has 12 nitrogen and oxygen atoms in total. The SMILES string of the molecule is CCCCCCCCCCCCCCC(O)CN(CCN1CCN(CC(CN(CC(O)CCCCCCCCCCCCCC)CC(O)CCCCCCCCCCCCCC)OCC)CC1)CC(CN(CC(O)CCCCCCCCCCCCCC)CC(O)CCCCCCCCCCCCCC)OCC. The smallest absolute Gasteiger partial charge is 0.0828 e. The van der Waals surface area contributed by atoms with Crippen LogP contribution in [0.3, 0.4) is 0 Å². The minimum absolute atomic E-state index is 0.0117. The Hall–Kier alpha value is -0.480. The van der Waals surface area contributed by atoms with Crippen molar-refractivity contribution in [3.63, 3.8) is 0 Å². The Morgan fingerprint density at radius 1 is 0.222 bits per heavy atom. The van der Waals surface area contributed by atoms with E-state index in [1.165, 1.54) is 353 Å². The number of hydrogen-bond acceptors (Lipinski definition) is 12. The predicted octanol–water partition coefficient (Wildman–Crippen LogP) is 24.6.